The molecule has 2 rings (SSSR count). The van der Waals surface area contributed by atoms with Crippen molar-refractivity contribution in [1.29, 1.82) is 0 Å². The number of hydrogen-bond donors (Lipinski definition) is 3. The number of rotatable bonds is 8. The molecule has 0 heterocycles. The van der Waals surface area contributed by atoms with Crippen LogP contribution in [-0.2, 0) is 4.79 Å². The molecule has 0 aliphatic rings. The maximum absolute atomic E-state index is 12.4. The van der Waals surface area contributed by atoms with Crippen molar-refractivity contribution in [2.75, 3.05) is 18.5 Å². The summed E-state index contributed by atoms with van der Waals surface area (Å²) in [6.07, 6.45) is 0. The van der Waals surface area contributed by atoms with Crippen molar-refractivity contribution in [3.63, 3.8) is 0 Å². The standard InChI is InChI=1S/C18H18N4O6/c1-2-28-15-7-6-12(9-14(15)22(26)27)18(25)21-13-5-3-4-11(8-13)17(24)20-10-16(19)23/h3-9H,2,10H2,1H3,(H2,19,23)(H,20,24)(H,21,25). The number of amides is 3. The molecule has 3 amide bonds. The average Bonchev–Trinajstić information content (AvgIpc) is 2.66. The number of anilines is 1. The minimum atomic E-state index is -0.685. The second-order valence-electron chi connectivity index (χ2n) is 5.56. The molecule has 0 aromatic heterocycles. The number of carbonyl (C=O) groups is 3. The smallest absolute Gasteiger partial charge is 0.311 e. The monoisotopic (exact) mass is 386 g/mol. The highest BCUT2D eigenvalue weighted by Gasteiger charge is 2.19. The maximum Gasteiger partial charge on any atom is 0.311 e. The summed E-state index contributed by atoms with van der Waals surface area (Å²) >= 11 is 0. The summed E-state index contributed by atoms with van der Waals surface area (Å²) in [6.45, 7) is 1.62. The molecule has 2 aromatic carbocycles. The molecule has 146 valence electrons. The molecule has 28 heavy (non-hydrogen) atoms. The lowest BCUT2D eigenvalue weighted by molar-refractivity contribution is -0.385. The Hall–Kier alpha value is -3.95. The van der Waals surface area contributed by atoms with Crippen LogP contribution in [0.15, 0.2) is 42.5 Å². The molecule has 0 radical (unpaired) electrons. The Morgan fingerprint density at radius 1 is 1.11 bits per heavy atom. The highest BCUT2D eigenvalue weighted by molar-refractivity contribution is 6.05. The van der Waals surface area contributed by atoms with Crippen LogP contribution in [0.5, 0.6) is 5.75 Å². The molecule has 0 unspecified atom stereocenters. The SMILES string of the molecule is CCOc1ccc(C(=O)Nc2cccc(C(=O)NCC(N)=O)c2)cc1[N+](=O)[O-]. The minimum absolute atomic E-state index is 0.0544. The number of carbonyl (C=O) groups excluding carboxylic acids is 3. The number of nitro groups is 1. The van der Waals surface area contributed by atoms with E-state index in [-0.39, 0.29) is 35.7 Å². The van der Waals surface area contributed by atoms with Crippen LogP contribution in [0.25, 0.3) is 0 Å². The van der Waals surface area contributed by atoms with E-state index in [1.807, 2.05) is 0 Å². The van der Waals surface area contributed by atoms with E-state index in [9.17, 15) is 24.5 Å². The molecular weight excluding hydrogens is 368 g/mol. The Labute approximate surface area is 159 Å². The lowest BCUT2D eigenvalue weighted by atomic mass is 10.1. The molecule has 0 saturated heterocycles. The lowest BCUT2D eigenvalue weighted by Gasteiger charge is -2.09. The Morgan fingerprint density at radius 3 is 2.46 bits per heavy atom. The summed E-state index contributed by atoms with van der Waals surface area (Å²) < 4.78 is 5.18. The number of nitrogens with two attached hydrogens (primary N) is 1. The van der Waals surface area contributed by atoms with E-state index in [0.717, 1.165) is 6.07 Å². The van der Waals surface area contributed by atoms with Gasteiger partial charge >= 0.3 is 5.69 Å². The first-order chi connectivity index (χ1) is 13.3. The first-order valence-corrected chi connectivity index (χ1v) is 8.21. The fraction of sp³-hybridized carbons (Fsp3) is 0.167. The Balaban J connectivity index is 2.18. The van der Waals surface area contributed by atoms with Gasteiger partial charge in [0.1, 0.15) is 0 Å². The topological polar surface area (TPSA) is 154 Å². The first-order valence-electron chi connectivity index (χ1n) is 8.21. The van der Waals surface area contributed by atoms with Gasteiger partial charge in [-0.1, -0.05) is 6.07 Å². The van der Waals surface area contributed by atoms with Crippen LogP contribution >= 0.6 is 0 Å². The van der Waals surface area contributed by atoms with Crippen molar-refractivity contribution in [1.82, 2.24) is 5.32 Å². The van der Waals surface area contributed by atoms with E-state index in [4.69, 9.17) is 10.5 Å². The maximum atomic E-state index is 12.4. The molecule has 2 aromatic rings. The number of nitrogens with one attached hydrogen (secondary N) is 2. The van der Waals surface area contributed by atoms with Crippen LogP contribution in [0.4, 0.5) is 11.4 Å². The number of hydrogen-bond acceptors (Lipinski definition) is 6. The van der Waals surface area contributed by atoms with Crippen LogP contribution in [0.3, 0.4) is 0 Å². The van der Waals surface area contributed by atoms with E-state index in [1.54, 1.807) is 13.0 Å². The van der Waals surface area contributed by atoms with Crippen molar-refractivity contribution in [2.24, 2.45) is 5.73 Å². The number of nitrogens with zero attached hydrogens (tertiary/aromatic N) is 1. The Kier molecular flexibility index (Phi) is 6.63. The van der Waals surface area contributed by atoms with Gasteiger partial charge in [-0.3, -0.25) is 24.5 Å². The third-order valence-electron chi connectivity index (χ3n) is 3.52. The molecular formula is C18H18N4O6. The van der Waals surface area contributed by atoms with Gasteiger partial charge in [0.05, 0.1) is 18.1 Å². The zero-order valence-electron chi connectivity index (χ0n) is 14.9. The molecule has 0 fully saturated rings. The fourth-order valence-corrected chi connectivity index (χ4v) is 2.29. The molecule has 10 nitrogen and oxygen atoms in total. The van der Waals surface area contributed by atoms with Crippen molar-refractivity contribution in [3.05, 3.63) is 63.7 Å². The van der Waals surface area contributed by atoms with Gasteiger partial charge in [0.15, 0.2) is 5.75 Å². The average molecular weight is 386 g/mol. The molecule has 0 spiro atoms. The van der Waals surface area contributed by atoms with Crippen molar-refractivity contribution >= 4 is 29.1 Å². The van der Waals surface area contributed by atoms with Gasteiger partial charge < -0.3 is 21.1 Å². The molecule has 0 saturated carbocycles. The van der Waals surface area contributed by atoms with Crippen LogP contribution in [0, 0.1) is 10.1 Å². The van der Waals surface area contributed by atoms with E-state index >= 15 is 0 Å². The zero-order chi connectivity index (χ0) is 20.7. The molecule has 0 aliphatic carbocycles. The number of benzene rings is 2. The summed E-state index contributed by atoms with van der Waals surface area (Å²) in [5.74, 6) is -1.75. The van der Waals surface area contributed by atoms with Gasteiger partial charge in [0, 0.05) is 22.9 Å². The summed E-state index contributed by atoms with van der Waals surface area (Å²) in [5.41, 5.74) is 5.21. The largest absolute Gasteiger partial charge is 0.487 e. The van der Waals surface area contributed by atoms with Crippen molar-refractivity contribution in [3.8, 4) is 5.75 Å². The Morgan fingerprint density at radius 2 is 1.82 bits per heavy atom. The van der Waals surface area contributed by atoms with E-state index < -0.39 is 22.6 Å². The highest BCUT2D eigenvalue weighted by atomic mass is 16.6. The van der Waals surface area contributed by atoms with E-state index in [2.05, 4.69) is 10.6 Å². The van der Waals surface area contributed by atoms with E-state index in [1.165, 1.54) is 30.3 Å². The molecule has 4 N–H and O–H groups in total. The van der Waals surface area contributed by atoms with Crippen LogP contribution in [0.2, 0.25) is 0 Å². The normalized spacial score (nSPS) is 10.0. The number of nitro benzene ring substituents is 1. The summed E-state index contributed by atoms with van der Waals surface area (Å²) in [5, 5.41) is 16.1. The molecule has 0 bridgehead atoms. The summed E-state index contributed by atoms with van der Waals surface area (Å²) in [4.78, 5) is 45.7. The van der Waals surface area contributed by atoms with Gasteiger partial charge in [0.25, 0.3) is 11.8 Å². The van der Waals surface area contributed by atoms with Crippen LogP contribution < -0.4 is 21.1 Å². The van der Waals surface area contributed by atoms with Crippen LogP contribution in [0.1, 0.15) is 27.6 Å². The van der Waals surface area contributed by atoms with Gasteiger partial charge in [-0.05, 0) is 37.3 Å². The summed E-state index contributed by atoms with van der Waals surface area (Å²) in [6, 6.07) is 9.84. The molecule has 10 heteroatoms. The highest BCUT2D eigenvalue weighted by Crippen LogP contribution is 2.28. The lowest BCUT2D eigenvalue weighted by Crippen LogP contribution is -2.33. The molecule has 0 atom stereocenters. The summed E-state index contributed by atoms with van der Waals surface area (Å²) in [7, 11) is 0. The van der Waals surface area contributed by atoms with Gasteiger partial charge in [-0.2, -0.15) is 0 Å². The minimum Gasteiger partial charge on any atom is -0.487 e. The third kappa shape index (κ3) is 5.27. The van der Waals surface area contributed by atoms with Crippen molar-refractivity contribution in [2.45, 2.75) is 6.92 Å². The second kappa shape index (κ2) is 9.12. The predicted molar refractivity (Wildman–Crippen MR) is 100 cm³/mol. The third-order valence-corrected chi connectivity index (χ3v) is 3.52. The van der Waals surface area contributed by atoms with Crippen LogP contribution in [-0.4, -0.2) is 35.8 Å². The first kappa shape index (κ1) is 20.4. The van der Waals surface area contributed by atoms with E-state index in [0.29, 0.717) is 5.69 Å². The predicted octanol–water partition coefficient (Wildman–Crippen LogP) is 1.46. The van der Waals surface area contributed by atoms with Gasteiger partial charge in [0.2, 0.25) is 5.91 Å². The fourth-order valence-electron chi connectivity index (χ4n) is 2.29. The van der Waals surface area contributed by atoms with Crippen molar-refractivity contribution < 1.29 is 24.0 Å². The number of ether oxygens (including phenoxy) is 1. The molecule has 0 aliphatic heterocycles. The Bertz CT molecular complexity index is 928. The van der Waals surface area contributed by atoms with Gasteiger partial charge in [-0.25, -0.2) is 0 Å². The zero-order valence-corrected chi connectivity index (χ0v) is 14.9. The second-order valence-corrected chi connectivity index (χ2v) is 5.56. The number of primary amides is 1. The quantitative estimate of drug-likeness (QED) is 0.461. The van der Waals surface area contributed by atoms with Gasteiger partial charge in [-0.15, -0.1) is 0 Å².